The number of benzene rings is 1. The summed E-state index contributed by atoms with van der Waals surface area (Å²) in [5, 5.41) is 9.28. The van der Waals surface area contributed by atoms with Gasteiger partial charge in [0, 0.05) is 18.7 Å². The highest BCUT2D eigenvalue weighted by Crippen LogP contribution is 2.44. The summed E-state index contributed by atoms with van der Waals surface area (Å²) in [5.74, 6) is -1.58. The summed E-state index contributed by atoms with van der Waals surface area (Å²) >= 11 is 0. The molecule has 0 spiro atoms. The van der Waals surface area contributed by atoms with E-state index in [0.29, 0.717) is 12.5 Å². The Hall–Kier alpha value is -1.91. The number of carboxylic acid groups (broad SMARTS) is 1. The molecular weight excluding hydrogens is 261 g/mol. The number of carbonyl (C=O) groups excluding carboxylic acids is 1. The largest absolute Gasteiger partial charge is 0.481 e. The van der Waals surface area contributed by atoms with E-state index in [9.17, 15) is 19.1 Å². The zero-order chi connectivity index (χ0) is 14.3. The molecule has 2 fully saturated rings. The molecule has 3 rings (SSSR count). The predicted molar refractivity (Wildman–Crippen MR) is 69.6 cm³/mol. The van der Waals surface area contributed by atoms with Gasteiger partial charge < -0.3 is 10.0 Å². The topological polar surface area (TPSA) is 57.6 Å². The summed E-state index contributed by atoms with van der Waals surface area (Å²) in [5.41, 5.74) is 0.283. The molecule has 1 aliphatic carbocycles. The highest BCUT2D eigenvalue weighted by atomic mass is 19.1. The normalized spacial score (nSPS) is 25.8. The van der Waals surface area contributed by atoms with Crippen molar-refractivity contribution in [2.24, 2.45) is 17.8 Å². The van der Waals surface area contributed by atoms with Gasteiger partial charge in [-0.15, -0.1) is 0 Å². The van der Waals surface area contributed by atoms with Crippen LogP contribution in [0.5, 0.6) is 0 Å². The molecule has 0 radical (unpaired) electrons. The van der Waals surface area contributed by atoms with Crippen LogP contribution in [-0.4, -0.2) is 35.0 Å². The highest BCUT2D eigenvalue weighted by molar-refractivity contribution is 5.94. The first kappa shape index (κ1) is 13.1. The molecule has 20 heavy (non-hydrogen) atoms. The smallest absolute Gasteiger partial charge is 0.308 e. The Bertz CT molecular complexity index is 556. The van der Waals surface area contributed by atoms with Crippen LogP contribution in [0.3, 0.4) is 0 Å². The summed E-state index contributed by atoms with van der Waals surface area (Å²) in [6.45, 7) is 0.697. The number of hydrogen-bond acceptors (Lipinski definition) is 2. The van der Waals surface area contributed by atoms with Crippen LogP contribution in [0, 0.1) is 23.6 Å². The number of likely N-dealkylation sites (tertiary alicyclic amines) is 1. The minimum Gasteiger partial charge on any atom is -0.481 e. The monoisotopic (exact) mass is 277 g/mol. The minimum atomic E-state index is -0.837. The Kier molecular flexibility index (Phi) is 3.20. The van der Waals surface area contributed by atoms with E-state index in [1.807, 2.05) is 0 Å². The predicted octanol–water partition coefficient (Wildman–Crippen LogP) is 2.01. The van der Waals surface area contributed by atoms with Crippen LogP contribution < -0.4 is 0 Å². The SMILES string of the molecule is O=C(O)[C@H]1CN(C(=O)c2cccc(F)c2)C[C@@H]1C1CC1. The number of carboxylic acids is 1. The molecule has 1 aliphatic heterocycles. The number of halogens is 1. The third-order valence-corrected chi connectivity index (χ3v) is 4.27. The molecule has 1 heterocycles. The molecule has 2 aliphatic rings. The van der Waals surface area contributed by atoms with E-state index in [4.69, 9.17) is 0 Å². The summed E-state index contributed by atoms with van der Waals surface area (Å²) in [6.07, 6.45) is 2.10. The first-order chi connectivity index (χ1) is 9.56. The zero-order valence-electron chi connectivity index (χ0n) is 11.0. The number of amides is 1. The van der Waals surface area contributed by atoms with Crippen molar-refractivity contribution in [1.29, 1.82) is 0 Å². The van der Waals surface area contributed by atoms with E-state index in [1.165, 1.54) is 18.2 Å². The van der Waals surface area contributed by atoms with Gasteiger partial charge in [-0.3, -0.25) is 9.59 Å². The molecule has 1 amide bonds. The van der Waals surface area contributed by atoms with Crippen molar-refractivity contribution < 1.29 is 19.1 Å². The number of nitrogens with zero attached hydrogens (tertiary/aromatic N) is 1. The van der Waals surface area contributed by atoms with Crippen molar-refractivity contribution in [3.63, 3.8) is 0 Å². The van der Waals surface area contributed by atoms with E-state index >= 15 is 0 Å². The lowest BCUT2D eigenvalue weighted by atomic mass is 9.92. The van der Waals surface area contributed by atoms with Crippen LogP contribution in [0.2, 0.25) is 0 Å². The number of aliphatic carboxylic acids is 1. The van der Waals surface area contributed by atoms with Gasteiger partial charge in [0.25, 0.3) is 5.91 Å². The molecule has 106 valence electrons. The Morgan fingerprint density at radius 1 is 1.25 bits per heavy atom. The van der Waals surface area contributed by atoms with Crippen LogP contribution in [-0.2, 0) is 4.79 Å². The first-order valence-electron chi connectivity index (χ1n) is 6.84. The van der Waals surface area contributed by atoms with Gasteiger partial charge in [0.15, 0.2) is 0 Å². The van der Waals surface area contributed by atoms with E-state index < -0.39 is 17.7 Å². The maximum absolute atomic E-state index is 13.2. The molecule has 1 saturated heterocycles. The Morgan fingerprint density at radius 3 is 2.60 bits per heavy atom. The van der Waals surface area contributed by atoms with Gasteiger partial charge in [0.1, 0.15) is 5.82 Å². The molecule has 2 atom stereocenters. The Morgan fingerprint density at radius 2 is 2.00 bits per heavy atom. The second-order valence-electron chi connectivity index (χ2n) is 5.67. The lowest BCUT2D eigenvalue weighted by molar-refractivity contribution is -0.142. The average molecular weight is 277 g/mol. The molecule has 0 bridgehead atoms. The van der Waals surface area contributed by atoms with Crippen molar-refractivity contribution in [2.45, 2.75) is 12.8 Å². The molecule has 0 unspecified atom stereocenters. The Balaban J connectivity index is 1.78. The van der Waals surface area contributed by atoms with Crippen molar-refractivity contribution >= 4 is 11.9 Å². The lowest BCUT2D eigenvalue weighted by Gasteiger charge is -2.16. The van der Waals surface area contributed by atoms with Crippen molar-refractivity contribution in [2.75, 3.05) is 13.1 Å². The molecule has 1 saturated carbocycles. The molecule has 1 N–H and O–H groups in total. The van der Waals surface area contributed by atoms with Crippen molar-refractivity contribution in [3.05, 3.63) is 35.6 Å². The minimum absolute atomic E-state index is 0.0463. The van der Waals surface area contributed by atoms with Gasteiger partial charge in [0.2, 0.25) is 0 Å². The maximum Gasteiger partial charge on any atom is 0.308 e. The van der Waals surface area contributed by atoms with Crippen LogP contribution in [0.4, 0.5) is 4.39 Å². The van der Waals surface area contributed by atoms with Crippen LogP contribution >= 0.6 is 0 Å². The number of carbonyl (C=O) groups is 2. The summed E-state index contributed by atoms with van der Waals surface area (Å²) in [4.78, 5) is 25.2. The van der Waals surface area contributed by atoms with E-state index in [0.717, 1.165) is 12.8 Å². The molecule has 1 aromatic carbocycles. The average Bonchev–Trinajstić information content (AvgIpc) is 3.16. The molecule has 0 aromatic heterocycles. The maximum atomic E-state index is 13.2. The first-order valence-corrected chi connectivity index (χ1v) is 6.84. The molecule has 4 nitrogen and oxygen atoms in total. The molecule has 1 aromatic rings. The standard InChI is InChI=1S/C15H16FNO3/c16-11-3-1-2-10(6-11)14(18)17-7-12(9-4-5-9)13(8-17)15(19)20/h1-3,6,9,12-13H,4-5,7-8H2,(H,19,20)/t12-,13+/m1/s1. The quantitative estimate of drug-likeness (QED) is 0.919. The second kappa shape index (κ2) is 4.89. The highest BCUT2D eigenvalue weighted by Gasteiger charge is 2.46. The fourth-order valence-electron chi connectivity index (χ4n) is 3.06. The molecular formula is C15H16FNO3. The van der Waals surface area contributed by atoms with E-state index in [1.54, 1.807) is 11.0 Å². The van der Waals surface area contributed by atoms with Gasteiger partial charge in [-0.25, -0.2) is 4.39 Å². The number of rotatable bonds is 3. The van der Waals surface area contributed by atoms with E-state index in [-0.39, 0.29) is 23.9 Å². The fraction of sp³-hybridized carbons (Fsp3) is 0.467. The van der Waals surface area contributed by atoms with Gasteiger partial charge >= 0.3 is 5.97 Å². The van der Waals surface area contributed by atoms with Crippen molar-refractivity contribution in [1.82, 2.24) is 4.90 Å². The van der Waals surface area contributed by atoms with Crippen LogP contribution in [0.1, 0.15) is 23.2 Å². The van der Waals surface area contributed by atoms with Crippen molar-refractivity contribution in [3.8, 4) is 0 Å². The zero-order valence-corrected chi connectivity index (χ0v) is 11.0. The van der Waals surface area contributed by atoms with Gasteiger partial charge in [0.05, 0.1) is 5.92 Å². The number of hydrogen-bond donors (Lipinski definition) is 1. The third kappa shape index (κ3) is 2.40. The summed E-state index contributed by atoms with van der Waals surface area (Å²) < 4.78 is 13.2. The molecule has 5 heteroatoms. The van der Waals surface area contributed by atoms with E-state index in [2.05, 4.69) is 0 Å². The van der Waals surface area contributed by atoms with Gasteiger partial charge in [-0.1, -0.05) is 6.07 Å². The van der Waals surface area contributed by atoms with Gasteiger partial charge in [-0.2, -0.15) is 0 Å². The lowest BCUT2D eigenvalue weighted by Crippen LogP contribution is -2.30. The second-order valence-corrected chi connectivity index (χ2v) is 5.67. The fourth-order valence-corrected chi connectivity index (χ4v) is 3.06. The van der Waals surface area contributed by atoms with Crippen LogP contribution in [0.15, 0.2) is 24.3 Å². The summed E-state index contributed by atoms with van der Waals surface area (Å²) in [7, 11) is 0. The van der Waals surface area contributed by atoms with Gasteiger partial charge in [-0.05, 0) is 42.9 Å². The Labute approximate surface area is 116 Å². The van der Waals surface area contributed by atoms with Crippen LogP contribution in [0.25, 0.3) is 0 Å². The third-order valence-electron chi connectivity index (χ3n) is 4.27. The summed E-state index contributed by atoms with van der Waals surface area (Å²) in [6, 6.07) is 5.54.